The summed E-state index contributed by atoms with van der Waals surface area (Å²) in [4.78, 5) is 16.8. The number of phosphoric acid groups is 1. The van der Waals surface area contributed by atoms with Gasteiger partial charge in [-0.2, -0.15) is 4.31 Å². The lowest BCUT2D eigenvalue weighted by atomic mass is 10.0. The van der Waals surface area contributed by atoms with E-state index in [-0.39, 0.29) is 6.61 Å². The Kier molecular flexibility index (Phi) is 7.02. The number of halogens is 1. The number of alkyl halides is 1. The summed E-state index contributed by atoms with van der Waals surface area (Å²) in [7, 11) is -9.21. The normalized spacial score (nSPS) is 19.6. The monoisotopic (exact) mass is 355 g/mol. The second kappa shape index (κ2) is 6.75. The molecule has 0 fully saturated rings. The van der Waals surface area contributed by atoms with Gasteiger partial charge in [0.1, 0.15) is 0 Å². The van der Waals surface area contributed by atoms with E-state index in [9.17, 15) is 14.2 Å². The Morgan fingerprint density at radius 1 is 1.41 bits per heavy atom. The Bertz CT molecular complexity index is 330. The van der Waals surface area contributed by atoms with E-state index in [0.717, 1.165) is 0 Å². The van der Waals surface area contributed by atoms with Crippen molar-refractivity contribution in [3.8, 4) is 0 Å². The first-order valence-corrected chi connectivity index (χ1v) is 8.82. The minimum atomic E-state index is -4.94. The van der Waals surface area contributed by atoms with Crippen LogP contribution in [0.5, 0.6) is 0 Å². The van der Waals surface area contributed by atoms with E-state index in [2.05, 4.69) is 24.8 Å². The zero-order valence-electron chi connectivity index (χ0n) is 9.15. The van der Waals surface area contributed by atoms with E-state index in [1.54, 1.807) is 6.92 Å². The predicted molar refractivity (Wildman–Crippen MR) is 64.5 cm³/mol. The van der Waals surface area contributed by atoms with Crippen molar-refractivity contribution in [1.29, 1.82) is 0 Å². The van der Waals surface area contributed by atoms with E-state index in [4.69, 9.17) is 15.3 Å². The Hall–Kier alpha value is 0.700. The van der Waals surface area contributed by atoms with Crippen molar-refractivity contribution in [3.05, 3.63) is 0 Å². The van der Waals surface area contributed by atoms with Crippen LogP contribution in [0, 0.1) is 0 Å². The summed E-state index contributed by atoms with van der Waals surface area (Å²) >= 11 is 3.10. The molecule has 0 aromatic carbocycles. The lowest BCUT2D eigenvalue weighted by molar-refractivity contribution is 0.0693. The van der Waals surface area contributed by atoms with Crippen LogP contribution in [-0.4, -0.2) is 32.4 Å². The molecule has 8 nitrogen and oxygen atoms in total. The highest BCUT2D eigenvalue weighted by molar-refractivity contribution is 9.09. The van der Waals surface area contributed by atoms with Gasteiger partial charge in [-0.1, -0.05) is 15.9 Å². The summed E-state index contributed by atoms with van der Waals surface area (Å²) in [5.74, 6) is 0. The minimum Gasteiger partial charge on any atom is -0.389 e. The van der Waals surface area contributed by atoms with Gasteiger partial charge in [0.05, 0.1) is 12.2 Å². The number of hydrogen-bond donors (Lipinski definition) is 4. The van der Waals surface area contributed by atoms with Crippen molar-refractivity contribution >= 4 is 31.5 Å². The first-order valence-electron chi connectivity index (χ1n) is 4.56. The van der Waals surface area contributed by atoms with Crippen LogP contribution in [0.4, 0.5) is 0 Å². The second-order valence-electron chi connectivity index (χ2n) is 3.68. The molecule has 17 heavy (non-hydrogen) atoms. The van der Waals surface area contributed by atoms with Gasteiger partial charge in [0.2, 0.25) is 0 Å². The average molecular weight is 356 g/mol. The third-order valence-electron chi connectivity index (χ3n) is 1.64. The smallest absolute Gasteiger partial charge is 0.389 e. The number of rotatable bonds is 8. The maximum absolute atomic E-state index is 11.2. The Balaban J connectivity index is 3.97. The zero-order chi connectivity index (χ0) is 13.7. The van der Waals surface area contributed by atoms with Crippen LogP contribution >= 0.6 is 31.5 Å². The summed E-state index contributed by atoms with van der Waals surface area (Å²) in [5.41, 5.74) is 3.99. The van der Waals surface area contributed by atoms with E-state index < -0.39 is 21.2 Å². The van der Waals surface area contributed by atoms with Crippen molar-refractivity contribution in [3.63, 3.8) is 0 Å². The summed E-state index contributed by atoms with van der Waals surface area (Å²) in [6.07, 6.45) is 0.651. The molecule has 5 N–H and O–H groups in total. The molecular weight excluding hydrogens is 340 g/mol. The van der Waals surface area contributed by atoms with Gasteiger partial charge in [0, 0.05) is 5.33 Å². The first kappa shape index (κ1) is 17.7. The van der Waals surface area contributed by atoms with Gasteiger partial charge < -0.3 is 14.9 Å². The molecule has 0 aliphatic rings. The van der Waals surface area contributed by atoms with Crippen molar-refractivity contribution in [2.24, 2.45) is 5.50 Å². The van der Waals surface area contributed by atoms with Crippen molar-refractivity contribution in [1.82, 2.24) is 0 Å². The highest BCUT2D eigenvalue weighted by Gasteiger charge is 2.30. The molecule has 0 aromatic rings. The molecule has 0 aliphatic carbocycles. The third kappa shape index (κ3) is 10.3. The van der Waals surface area contributed by atoms with Crippen LogP contribution in [0.15, 0.2) is 0 Å². The molecule has 0 rings (SSSR count). The summed E-state index contributed by atoms with van der Waals surface area (Å²) in [5, 5.41) is 9.94. The largest absolute Gasteiger partial charge is 0.477 e. The fraction of sp³-hybridized carbons (Fsp3) is 1.00. The molecule has 104 valence electrons. The highest BCUT2D eigenvalue weighted by Crippen LogP contribution is 2.55. The first-order chi connectivity index (χ1) is 7.47. The second-order valence-corrected chi connectivity index (χ2v) is 7.21. The molecule has 2 unspecified atom stereocenters. The topological polar surface area (TPSA) is 139 Å². The molecule has 0 heterocycles. The van der Waals surface area contributed by atoms with Crippen LogP contribution < -0.4 is 5.50 Å². The molecule has 2 atom stereocenters. The quantitative estimate of drug-likeness (QED) is 0.288. The molecule has 11 heteroatoms. The Labute approximate surface area is 107 Å². The lowest BCUT2D eigenvalue weighted by Gasteiger charge is -2.20. The van der Waals surface area contributed by atoms with E-state index in [1.165, 1.54) is 0 Å². The molecule has 0 spiro atoms. The number of nitrogens with two attached hydrogens (primary N) is 1. The molecule has 0 bridgehead atoms. The lowest BCUT2D eigenvalue weighted by Crippen LogP contribution is -2.26. The molecular formula is C6H16BrNO7P2. The van der Waals surface area contributed by atoms with Gasteiger partial charge in [-0.25, -0.2) is 14.6 Å². The molecule has 0 amide bonds. The van der Waals surface area contributed by atoms with Gasteiger partial charge >= 0.3 is 15.6 Å². The molecule has 0 radical (unpaired) electrons. The van der Waals surface area contributed by atoms with Crippen molar-refractivity contribution in [2.45, 2.75) is 25.4 Å². The van der Waals surface area contributed by atoms with Crippen LogP contribution in [0.1, 0.15) is 19.8 Å². The van der Waals surface area contributed by atoms with Crippen LogP contribution in [-0.2, 0) is 18.0 Å². The van der Waals surface area contributed by atoms with E-state index in [1.807, 2.05) is 0 Å². The van der Waals surface area contributed by atoms with Gasteiger partial charge in [0.25, 0.3) is 0 Å². The molecule has 0 aromatic heterocycles. The standard InChI is InChI=1S/C6H16BrNO7P2/c1-6(9,5-7)3-2-4-14-16(8,10)15-17(11,12)13/h9H,2-5H2,1H3,(H2,8,10)(H2,11,12,13). The molecule has 0 aliphatic heterocycles. The summed E-state index contributed by atoms with van der Waals surface area (Å²) in [6, 6.07) is 0. The Morgan fingerprint density at radius 3 is 2.35 bits per heavy atom. The number of hydrogen-bond acceptors (Lipinski definition) is 5. The van der Waals surface area contributed by atoms with Gasteiger partial charge in [0.15, 0.2) is 0 Å². The average Bonchev–Trinajstić information content (AvgIpc) is 2.09. The minimum absolute atomic E-state index is 0.142. The van der Waals surface area contributed by atoms with Gasteiger partial charge in [-0.05, 0) is 19.8 Å². The van der Waals surface area contributed by atoms with Crippen LogP contribution in [0.25, 0.3) is 0 Å². The summed E-state index contributed by atoms with van der Waals surface area (Å²) < 4.78 is 29.9. The van der Waals surface area contributed by atoms with Gasteiger partial charge in [-0.3, -0.25) is 4.52 Å². The van der Waals surface area contributed by atoms with Crippen molar-refractivity contribution < 1.29 is 32.9 Å². The SMILES string of the molecule is CC(O)(CBr)CCCOP(N)(=O)OP(=O)(O)O. The van der Waals surface area contributed by atoms with E-state index in [0.29, 0.717) is 18.2 Å². The summed E-state index contributed by atoms with van der Waals surface area (Å²) in [6.45, 7) is 1.45. The van der Waals surface area contributed by atoms with Crippen LogP contribution in [0.2, 0.25) is 0 Å². The van der Waals surface area contributed by atoms with E-state index >= 15 is 0 Å². The van der Waals surface area contributed by atoms with Gasteiger partial charge in [-0.15, -0.1) is 0 Å². The molecule has 0 saturated carbocycles. The maximum Gasteiger partial charge on any atom is 0.477 e. The fourth-order valence-electron chi connectivity index (χ4n) is 0.883. The predicted octanol–water partition coefficient (Wildman–Crippen LogP) is 1.11. The fourth-order valence-corrected chi connectivity index (χ4v) is 2.92. The van der Waals surface area contributed by atoms with Crippen molar-refractivity contribution in [2.75, 3.05) is 11.9 Å². The highest BCUT2D eigenvalue weighted by atomic mass is 79.9. The van der Waals surface area contributed by atoms with Crippen LogP contribution in [0.3, 0.4) is 0 Å². The Morgan fingerprint density at radius 2 is 1.94 bits per heavy atom. The third-order valence-corrected chi connectivity index (χ3v) is 5.15. The molecule has 0 saturated heterocycles. The maximum atomic E-state index is 11.2. The number of aliphatic hydroxyl groups is 1. The zero-order valence-corrected chi connectivity index (χ0v) is 12.5.